The standard InChI is InChI=1S/C18H18N2/c1-2-8-15-14(7-1)18-17-12(5-3-9-16(17)19-15)11-13-6-4-10-20(13)18/h2-6,8-10,15-17,19H,1,7,11H2. The molecule has 0 bridgehead atoms. The predicted molar refractivity (Wildman–Crippen MR) is 81.2 cm³/mol. The van der Waals surface area contributed by atoms with Crippen LogP contribution in [-0.4, -0.2) is 16.7 Å². The van der Waals surface area contributed by atoms with E-state index < -0.39 is 0 Å². The molecule has 3 atom stereocenters. The fourth-order valence-electron chi connectivity index (χ4n) is 4.31. The molecular formula is C18H18N2. The van der Waals surface area contributed by atoms with E-state index in [-0.39, 0.29) is 0 Å². The molecule has 100 valence electrons. The van der Waals surface area contributed by atoms with Gasteiger partial charge in [0.15, 0.2) is 0 Å². The Morgan fingerprint density at radius 2 is 2.25 bits per heavy atom. The summed E-state index contributed by atoms with van der Waals surface area (Å²) in [5.74, 6) is 0.539. The molecular weight excluding hydrogens is 244 g/mol. The summed E-state index contributed by atoms with van der Waals surface area (Å²) in [5.41, 5.74) is 6.18. The summed E-state index contributed by atoms with van der Waals surface area (Å²) in [6.45, 7) is 0. The third-order valence-corrected chi connectivity index (χ3v) is 5.15. The summed E-state index contributed by atoms with van der Waals surface area (Å²) in [4.78, 5) is 0. The Kier molecular flexibility index (Phi) is 2.11. The first-order chi connectivity index (χ1) is 9.92. The highest BCUT2D eigenvalue weighted by Crippen LogP contribution is 2.45. The lowest BCUT2D eigenvalue weighted by Gasteiger charge is -2.45. The molecule has 4 aliphatic rings. The van der Waals surface area contributed by atoms with Crippen molar-refractivity contribution in [3.05, 3.63) is 65.5 Å². The van der Waals surface area contributed by atoms with Gasteiger partial charge in [0.05, 0.1) is 0 Å². The van der Waals surface area contributed by atoms with Crippen LogP contribution in [0.1, 0.15) is 18.5 Å². The molecule has 2 nitrogen and oxygen atoms in total. The van der Waals surface area contributed by atoms with Crippen LogP contribution in [0.15, 0.2) is 59.9 Å². The number of aromatic nitrogens is 1. The molecule has 2 aliphatic carbocycles. The van der Waals surface area contributed by atoms with Crippen LogP contribution in [-0.2, 0) is 6.42 Å². The third-order valence-electron chi connectivity index (χ3n) is 5.15. The lowest BCUT2D eigenvalue weighted by molar-refractivity contribution is 0.435. The van der Waals surface area contributed by atoms with E-state index in [9.17, 15) is 0 Å². The van der Waals surface area contributed by atoms with Crippen molar-refractivity contribution in [3.63, 3.8) is 0 Å². The summed E-state index contributed by atoms with van der Waals surface area (Å²) < 4.78 is 2.47. The van der Waals surface area contributed by atoms with Gasteiger partial charge in [-0.15, -0.1) is 0 Å². The zero-order valence-corrected chi connectivity index (χ0v) is 11.4. The van der Waals surface area contributed by atoms with Crippen LogP contribution in [0.3, 0.4) is 0 Å². The van der Waals surface area contributed by atoms with Crippen molar-refractivity contribution in [1.82, 2.24) is 9.88 Å². The molecule has 0 amide bonds. The second kappa shape index (κ2) is 3.86. The van der Waals surface area contributed by atoms with Crippen molar-refractivity contribution in [2.24, 2.45) is 5.92 Å². The second-order valence-electron chi connectivity index (χ2n) is 6.20. The van der Waals surface area contributed by atoms with Gasteiger partial charge >= 0.3 is 0 Å². The fraction of sp³-hybridized carbons (Fsp3) is 0.333. The molecule has 5 rings (SSSR count). The summed E-state index contributed by atoms with van der Waals surface area (Å²) in [7, 11) is 0. The van der Waals surface area contributed by atoms with Gasteiger partial charge in [-0.25, -0.2) is 0 Å². The molecule has 0 radical (unpaired) electrons. The highest BCUT2D eigenvalue weighted by Gasteiger charge is 2.41. The molecule has 1 aromatic rings. The van der Waals surface area contributed by atoms with E-state index in [1.807, 2.05) is 0 Å². The summed E-state index contributed by atoms with van der Waals surface area (Å²) in [5, 5.41) is 3.82. The number of rotatable bonds is 0. The van der Waals surface area contributed by atoms with Crippen molar-refractivity contribution >= 4 is 5.70 Å². The topological polar surface area (TPSA) is 17.0 Å². The van der Waals surface area contributed by atoms with E-state index in [2.05, 4.69) is 58.6 Å². The van der Waals surface area contributed by atoms with E-state index >= 15 is 0 Å². The van der Waals surface area contributed by atoms with Gasteiger partial charge in [0.2, 0.25) is 0 Å². The quantitative estimate of drug-likeness (QED) is 0.711. The van der Waals surface area contributed by atoms with Crippen molar-refractivity contribution in [3.8, 4) is 0 Å². The molecule has 0 aromatic carbocycles. The SMILES string of the molecule is C1=CC2NC3C=CCCC3=C3C2C(=C1)Cc1cccn13. The minimum absolute atomic E-state index is 0.428. The number of hydrogen-bond donors (Lipinski definition) is 1. The van der Waals surface area contributed by atoms with Crippen LogP contribution < -0.4 is 5.32 Å². The molecule has 3 heterocycles. The van der Waals surface area contributed by atoms with Gasteiger partial charge in [0, 0.05) is 42.0 Å². The molecule has 2 heteroatoms. The Labute approximate surface area is 119 Å². The van der Waals surface area contributed by atoms with E-state index in [4.69, 9.17) is 0 Å². The Balaban J connectivity index is 1.81. The maximum Gasteiger partial charge on any atom is 0.0490 e. The number of allylic oxidation sites excluding steroid dienone is 3. The van der Waals surface area contributed by atoms with Crippen molar-refractivity contribution in [2.45, 2.75) is 31.3 Å². The molecule has 20 heavy (non-hydrogen) atoms. The lowest BCUT2D eigenvalue weighted by atomic mass is 9.73. The Morgan fingerprint density at radius 3 is 3.25 bits per heavy atom. The third kappa shape index (κ3) is 1.32. The summed E-state index contributed by atoms with van der Waals surface area (Å²) >= 11 is 0. The number of fused-ring (bicyclic) bond motifs is 3. The summed E-state index contributed by atoms with van der Waals surface area (Å²) in [6.07, 6.45) is 17.3. The van der Waals surface area contributed by atoms with E-state index in [1.165, 1.54) is 18.5 Å². The largest absolute Gasteiger partial charge is 0.324 e. The van der Waals surface area contributed by atoms with Crippen LogP contribution in [0, 0.1) is 5.92 Å². The zero-order valence-electron chi connectivity index (χ0n) is 11.4. The number of nitrogens with one attached hydrogen (secondary N) is 1. The van der Waals surface area contributed by atoms with E-state index in [1.54, 1.807) is 16.8 Å². The highest BCUT2D eigenvalue weighted by atomic mass is 15.1. The average molecular weight is 262 g/mol. The van der Waals surface area contributed by atoms with Crippen LogP contribution >= 0.6 is 0 Å². The maximum absolute atomic E-state index is 3.82. The van der Waals surface area contributed by atoms with E-state index in [0.717, 1.165) is 6.42 Å². The first-order valence-electron chi connectivity index (χ1n) is 7.61. The molecule has 1 N–H and O–H groups in total. The zero-order chi connectivity index (χ0) is 13.1. The Morgan fingerprint density at radius 1 is 1.25 bits per heavy atom. The molecule has 0 saturated heterocycles. The molecule has 0 saturated carbocycles. The molecule has 1 aromatic heterocycles. The number of hydrogen-bond acceptors (Lipinski definition) is 1. The van der Waals surface area contributed by atoms with Crippen LogP contribution in [0.25, 0.3) is 5.70 Å². The van der Waals surface area contributed by atoms with Crippen LogP contribution in [0.2, 0.25) is 0 Å². The van der Waals surface area contributed by atoms with Gasteiger partial charge in [-0.2, -0.15) is 0 Å². The minimum Gasteiger partial charge on any atom is -0.324 e. The van der Waals surface area contributed by atoms with Gasteiger partial charge in [0.1, 0.15) is 0 Å². The number of nitrogens with zero attached hydrogens (tertiary/aromatic N) is 1. The lowest BCUT2D eigenvalue weighted by Crippen LogP contribution is -2.51. The Bertz CT molecular complexity index is 699. The molecule has 0 spiro atoms. The fourth-order valence-corrected chi connectivity index (χ4v) is 4.31. The first kappa shape index (κ1) is 10.9. The van der Waals surface area contributed by atoms with Crippen molar-refractivity contribution < 1.29 is 0 Å². The predicted octanol–water partition coefficient (Wildman–Crippen LogP) is 3.06. The van der Waals surface area contributed by atoms with Gasteiger partial charge in [0.25, 0.3) is 0 Å². The van der Waals surface area contributed by atoms with Crippen LogP contribution in [0.5, 0.6) is 0 Å². The minimum atomic E-state index is 0.428. The van der Waals surface area contributed by atoms with Crippen LogP contribution in [0.4, 0.5) is 0 Å². The first-order valence-corrected chi connectivity index (χ1v) is 7.61. The van der Waals surface area contributed by atoms with Gasteiger partial charge in [-0.3, -0.25) is 5.32 Å². The molecule has 2 aliphatic heterocycles. The average Bonchev–Trinajstić information content (AvgIpc) is 2.95. The van der Waals surface area contributed by atoms with E-state index in [0.29, 0.717) is 18.0 Å². The highest BCUT2D eigenvalue weighted by molar-refractivity contribution is 5.68. The van der Waals surface area contributed by atoms with Gasteiger partial charge in [-0.1, -0.05) is 36.0 Å². The van der Waals surface area contributed by atoms with Gasteiger partial charge < -0.3 is 4.57 Å². The smallest absolute Gasteiger partial charge is 0.0490 e. The summed E-state index contributed by atoms with van der Waals surface area (Å²) in [6, 6.07) is 5.35. The monoisotopic (exact) mass is 262 g/mol. The maximum atomic E-state index is 3.82. The van der Waals surface area contributed by atoms with Crippen molar-refractivity contribution in [1.29, 1.82) is 0 Å². The normalized spacial score (nSPS) is 33.4. The molecule has 3 unspecified atom stereocenters. The molecule has 0 fully saturated rings. The van der Waals surface area contributed by atoms with Crippen molar-refractivity contribution in [2.75, 3.05) is 0 Å². The van der Waals surface area contributed by atoms with Gasteiger partial charge in [-0.05, 0) is 30.5 Å². The second-order valence-corrected chi connectivity index (χ2v) is 6.20. The Hall–Kier alpha value is -1.80.